The Labute approximate surface area is 125 Å². The highest BCUT2D eigenvalue weighted by molar-refractivity contribution is 5.39. The molecule has 110 valence electrons. The summed E-state index contributed by atoms with van der Waals surface area (Å²) in [6.45, 7) is 4.74. The maximum Gasteiger partial charge on any atom is 0.127 e. The Bertz CT molecular complexity index is 650. The molecular formula is C18H20FNO. The van der Waals surface area contributed by atoms with Crippen LogP contribution in [0.5, 0.6) is 11.5 Å². The first kappa shape index (κ1) is 14.1. The summed E-state index contributed by atoms with van der Waals surface area (Å²) < 4.78 is 19.0. The first-order chi connectivity index (χ1) is 10.1. The molecule has 3 heteroatoms. The lowest BCUT2D eigenvalue weighted by atomic mass is 10.1. The summed E-state index contributed by atoms with van der Waals surface area (Å²) >= 11 is 0. The number of benzene rings is 2. The number of nitrogens with one attached hydrogen (secondary N) is 1. The van der Waals surface area contributed by atoms with Crippen LogP contribution in [0, 0.1) is 19.7 Å². The van der Waals surface area contributed by atoms with Gasteiger partial charge in [0, 0.05) is 12.6 Å². The highest BCUT2D eigenvalue weighted by Gasteiger charge is 2.20. The fourth-order valence-corrected chi connectivity index (χ4v) is 2.29. The summed E-state index contributed by atoms with van der Waals surface area (Å²) in [5.74, 6) is 1.24. The quantitative estimate of drug-likeness (QED) is 0.874. The number of hydrogen-bond acceptors (Lipinski definition) is 2. The number of aryl methyl sites for hydroxylation is 2. The van der Waals surface area contributed by atoms with Crippen LogP contribution in [-0.4, -0.2) is 6.04 Å². The SMILES string of the molecule is Cc1cc(Oc2ccc(CNC3CC3)c(C)c2)ccc1F. The van der Waals surface area contributed by atoms with Gasteiger partial charge in [0.15, 0.2) is 0 Å². The average molecular weight is 285 g/mol. The second kappa shape index (κ2) is 5.86. The molecule has 0 radical (unpaired) electrons. The highest BCUT2D eigenvalue weighted by Crippen LogP contribution is 2.26. The molecule has 2 aromatic rings. The fourth-order valence-electron chi connectivity index (χ4n) is 2.29. The molecule has 0 saturated heterocycles. The van der Waals surface area contributed by atoms with Gasteiger partial charge in [0.25, 0.3) is 0 Å². The monoisotopic (exact) mass is 285 g/mol. The standard InChI is InChI=1S/C18H20FNO/c1-12-9-16(6-3-14(12)11-20-15-4-5-15)21-17-7-8-18(19)13(2)10-17/h3,6-10,15,20H,4-5,11H2,1-2H3. The first-order valence-corrected chi connectivity index (χ1v) is 7.39. The molecule has 0 aliphatic heterocycles. The van der Waals surface area contributed by atoms with Crippen LogP contribution in [0.4, 0.5) is 4.39 Å². The van der Waals surface area contributed by atoms with E-state index in [4.69, 9.17) is 4.74 Å². The van der Waals surface area contributed by atoms with Crippen molar-refractivity contribution in [3.63, 3.8) is 0 Å². The van der Waals surface area contributed by atoms with Crippen LogP contribution in [0.15, 0.2) is 36.4 Å². The molecule has 3 rings (SSSR count). The maximum atomic E-state index is 13.2. The zero-order valence-electron chi connectivity index (χ0n) is 12.4. The van der Waals surface area contributed by atoms with Crippen molar-refractivity contribution in [3.8, 4) is 11.5 Å². The minimum absolute atomic E-state index is 0.208. The van der Waals surface area contributed by atoms with Gasteiger partial charge < -0.3 is 10.1 Å². The van der Waals surface area contributed by atoms with Crippen molar-refractivity contribution in [3.05, 3.63) is 58.9 Å². The molecule has 0 aromatic heterocycles. The van der Waals surface area contributed by atoms with Gasteiger partial charge in [-0.3, -0.25) is 0 Å². The molecule has 0 atom stereocenters. The first-order valence-electron chi connectivity index (χ1n) is 7.39. The topological polar surface area (TPSA) is 21.3 Å². The molecule has 0 bridgehead atoms. The van der Waals surface area contributed by atoms with Crippen molar-refractivity contribution in [2.24, 2.45) is 0 Å². The van der Waals surface area contributed by atoms with Crippen molar-refractivity contribution in [1.82, 2.24) is 5.32 Å². The zero-order chi connectivity index (χ0) is 14.8. The van der Waals surface area contributed by atoms with E-state index in [2.05, 4.69) is 18.3 Å². The second-order valence-electron chi connectivity index (χ2n) is 5.76. The minimum atomic E-state index is -0.208. The van der Waals surface area contributed by atoms with Gasteiger partial charge in [0.05, 0.1) is 0 Å². The smallest absolute Gasteiger partial charge is 0.127 e. The molecule has 1 N–H and O–H groups in total. The van der Waals surface area contributed by atoms with Crippen LogP contribution in [-0.2, 0) is 6.54 Å². The molecule has 2 aromatic carbocycles. The number of hydrogen-bond donors (Lipinski definition) is 1. The molecule has 1 aliphatic rings. The van der Waals surface area contributed by atoms with Gasteiger partial charge in [0.2, 0.25) is 0 Å². The van der Waals surface area contributed by atoms with Gasteiger partial charge in [-0.05, 0) is 73.7 Å². The largest absolute Gasteiger partial charge is 0.457 e. The summed E-state index contributed by atoms with van der Waals surface area (Å²) in [4.78, 5) is 0. The molecule has 1 fully saturated rings. The Morgan fingerprint density at radius 3 is 2.33 bits per heavy atom. The number of ether oxygens (including phenoxy) is 1. The molecule has 21 heavy (non-hydrogen) atoms. The van der Waals surface area contributed by atoms with E-state index in [0.29, 0.717) is 17.4 Å². The Morgan fingerprint density at radius 1 is 1.05 bits per heavy atom. The van der Waals surface area contributed by atoms with Crippen LogP contribution in [0.25, 0.3) is 0 Å². The van der Waals surface area contributed by atoms with E-state index in [9.17, 15) is 4.39 Å². The number of rotatable bonds is 5. The third-order valence-electron chi connectivity index (χ3n) is 3.84. The van der Waals surface area contributed by atoms with Crippen molar-refractivity contribution in [1.29, 1.82) is 0 Å². The zero-order valence-corrected chi connectivity index (χ0v) is 12.4. The molecule has 2 nitrogen and oxygen atoms in total. The van der Waals surface area contributed by atoms with Crippen LogP contribution < -0.4 is 10.1 Å². The predicted octanol–water partition coefficient (Wildman–Crippen LogP) is 4.49. The van der Waals surface area contributed by atoms with E-state index < -0.39 is 0 Å². The summed E-state index contributed by atoms with van der Waals surface area (Å²) in [5.41, 5.74) is 3.10. The second-order valence-corrected chi connectivity index (χ2v) is 5.76. The molecule has 0 unspecified atom stereocenters. The summed E-state index contributed by atoms with van der Waals surface area (Å²) in [7, 11) is 0. The van der Waals surface area contributed by atoms with Gasteiger partial charge in [-0.25, -0.2) is 4.39 Å². The van der Waals surface area contributed by atoms with Crippen molar-refractivity contribution in [2.75, 3.05) is 0 Å². The van der Waals surface area contributed by atoms with Crippen LogP contribution >= 0.6 is 0 Å². The van der Waals surface area contributed by atoms with E-state index in [1.165, 1.54) is 30.0 Å². The lowest BCUT2D eigenvalue weighted by molar-refractivity contribution is 0.479. The van der Waals surface area contributed by atoms with Gasteiger partial charge in [0.1, 0.15) is 17.3 Å². The fraction of sp³-hybridized carbons (Fsp3) is 0.333. The van der Waals surface area contributed by atoms with E-state index in [1.807, 2.05) is 12.1 Å². The molecule has 1 aliphatic carbocycles. The van der Waals surface area contributed by atoms with E-state index in [-0.39, 0.29) is 5.82 Å². The third-order valence-corrected chi connectivity index (χ3v) is 3.84. The van der Waals surface area contributed by atoms with Gasteiger partial charge in [-0.15, -0.1) is 0 Å². The lowest BCUT2D eigenvalue weighted by Crippen LogP contribution is -2.15. The van der Waals surface area contributed by atoms with E-state index in [1.54, 1.807) is 19.1 Å². The molecule has 1 saturated carbocycles. The Balaban J connectivity index is 1.70. The van der Waals surface area contributed by atoms with Crippen LogP contribution in [0.3, 0.4) is 0 Å². The van der Waals surface area contributed by atoms with Gasteiger partial charge in [-0.2, -0.15) is 0 Å². The van der Waals surface area contributed by atoms with E-state index in [0.717, 1.165) is 12.3 Å². The van der Waals surface area contributed by atoms with Crippen molar-refractivity contribution in [2.45, 2.75) is 39.3 Å². The molecule has 0 amide bonds. The van der Waals surface area contributed by atoms with Crippen molar-refractivity contribution < 1.29 is 9.13 Å². The van der Waals surface area contributed by atoms with Crippen LogP contribution in [0.1, 0.15) is 29.5 Å². The third kappa shape index (κ3) is 3.61. The highest BCUT2D eigenvalue weighted by atomic mass is 19.1. The molecule has 0 heterocycles. The summed E-state index contributed by atoms with van der Waals surface area (Å²) in [5, 5.41) is 3.51. The molecular weight excluding hydrogens is 265 g/mol. The predicted molar refractivity (Wildman–Crippen MR) is 82.3 cm³/mol. The Hall–Kier alpha value is -1.87. The van der Waals surface area contributed by atoms with Crippen molar-refractivity contribution >= 4 is 0 Å². The summed E-state index contributed by atoms with van der Waals surface area (Å²) in [6.07, 6.45) is 2.59. The maximum absolute atomic E-state index is 13.2. The molecule has 0 spiro atoms. The lowest BCUT2D eigenvalue weighted by Gasteiger charge is -2.11. The average Bonchev–Trinajstić information content (AvgIpc) is 3.26. The van der Waals surface area contributed by atoms with Gasteiger partial charge >= 0.3 is 0 Å². The normalized spacial score (nSPS) is 14.2. The van der Waals surface area contributed by atoms with Gasteiger partial charge in [-0.1, -0.05) is 6.07 Å². The Morgan fingerprint density at radius 2 is 1.71 bits per heavy atom. The Kier molecular flexibility index (Phi) is 3.93. The van der Waals surface area contributed by atoms with E-state index >= 15 is 0 Å². The number of halogens is 1. The summed E-state index contributed by atoms with van der Waals surface area (Å²) in [6, 6.07) is 11.6. The van der Waals surface area contributed by atoms with Crippen LogP contribution in [0.2, 0.25) is 0 Å². The minimum Gasteiger partial charge on any atom is -0.457 e.